The summed E-state index contributed by atoms with van der Waals surface area (Å²) in [5.41, 5.74) is 2.69. The lowest BCUT2D eigenvalue weighted by molar-refractivity contribution is -0.134. The topological polar surface area (TPSA) is 48.5 Å². The van der Waals surface area contributed by atoms with Crippen molar-refractivity contribution < 1.29 is 4.79 Å². The summed E-state index contributed by atoms with van der Waals surface area (Å²) in [7, 11) is 0. The van der Waals surface area contributed by atoms with Gasteiger partial charge in [-0.15, -0.1) is 0 Å². The van der Waals surface area contributed by atoms with Gasteiger partial charge in [0.1, 0.15) is 5.82 Å². The molecule has 27 heavy (non-hydrogen) atoms. The van der Waals surface area contributed by atoms with E-state index in [-0.39, 0.29) is 5.41 Å². The second kappa shape index (κ2) is 6.77. The number of nitrogens with one attached hydrogen (secondary N) is 1. The lowest BCUT2D eigenvalue weighted by atomic mass is 9.84. The summed E-state index contributed by atoms with van der Waals surface area (Å²) in [5.74, 6) is 1.50. The highest BCUT2D eigenvalue weighted by atomic mass is 16.2. The van der Waals surface area contributed by atoms with Gasteiger partial charge in [0.05, 0.1) is 0 Å². The third-order valence-electron chi connectivity index (χ3n) is 7.42. The molecule has 0 aromatic carbocycles. The maximum absolute atomic E-state index is 12.9. The molecule has 0 spiro atoms. The molecule has 5 rings (SSSR count). The monoisotopic (exact) mass is 368 g/mol. The Bertz CT molecular complexity index is 711. The molecule has 2 saturated heterocycles. The first-order chi connectivity index (χ1) is 13.1. The largest absolute Gasteiger partial charge is 0.348 e. The zero-order chi connectivity index (χ0) is 18.4. The number of pyridine rings is 1. The van der Waals surface area contributed by atoms with Crippen molar-refractivity contribution in [2.45, 2.75) is 76.9 Å². The van der Waals surface area contributed by atoms with Crippen LogP contribution in [0, 0.1) is 5.41 Å². The van der Waals surface area contributed by atoms with Gasteiger partial charge in [-0.25, -0.2) is 4.98 Å². The number of piperazine rings is 1. The molecule has 2 atom stereocenters. The Labute approximate surface area is 162 Å². The van der Waals surface area contributed by atoms with Crippen LogP contribution in [0.3, 0.4) is 0 Å². The van der Waals surface area contributed by atoms with Crippen molar-refractivity contribution in [2.75, 3.05) is 24.5 Å². The number of hydrogen-bond acceptors (Lipinski definition) is 4. The molecule has 3 fully saturated rings. The highest BCUT2D eigenvalue weighted by Gasteiger charge is 2.38. The van der Waals surface area contributed by atoms with Gasteiger partial charge in [0.25, 0.3) is 0 Å². The standard InChI is InChI=1S/C22H32N4O/c1-22(9-2-3-10-22)12-21(27)25-11-8-19-16(15-25)4-7-20(24-19)26-17-5-6-18(26)14-23-13-17/h4,7,17-18,23H,2-3,5-6,8-15H2,1H3. The number of nitrogens with zero attached hydrogens (tertiary/aromatic N) is 3. The van der Waals surface area contributed by atoms with Crippen molar-refractivity contribution >= 4 is 11.7 Å². The molecule has 1 amide bonds. The quantitative estimate of drug-likeness (QED) is 0.891. The summed E-state index contributed by atoms with van der Waals surface area (Å²) in [6, 6.07) is 5.63. The van der Waals surface area contributed by atoms with Crippen LogP contribution < -0.4 is 10.2 Å². The number of hydrogen-bond donors (Lipinski definition) is 1. The maximum Gasteiger partial charge on any atom is 0.223 e. The average molecular weight is 369 g/mol. The van der Waals surface area contributed by atoms with E-state index in [2.05, 4.69) is 34.2 Å². The first-order valence-electron chi connectivity index (χ1n) is 10.9. The van der Waals surface area contributed by atoms with Crippen LogP contribution in [0.15, 0.2) is 12.1 Å². The summed E-state index contributed by atoms with van der Waals surface area (Å²) in [5, 5.41) is 3.55. The molecule has 1 aromatic heterocycles. The van der Waals surface area contributed by atoms with Gasteiger partial charge in [-0.05, 0) is 42.7 Å². The highest BCUT2D eigenvalue weighted by Crippen LogP contribution is 2.41. The number of amides is 1. The predicted octanol–water partition coefficient (Wildman–Crippen LogP) is 2.88. The summed E-state index contributed by atoms with van der Waals surface area (Å²) >= 11 is 0. The summed E-state index contributed by atoms with van der Waals surface area (Å²) in [4.78, 5) is 22.5. The van der Waals surface area contributed by atoms with Crippen molar-refractivity contribution in [1.82, 2.24) is 15.2 Å². The fraction of sp³-hybridized carbons (Fsp3) is 0.727. The van der Waals surface area contributed by atoms with Gasteiger partial charge in [0.15, 0.2) is 0 Å². The Kier molecular flexibility index (Phi) is 4.38. The first kappa shape index (κ1) is 17.5. The SMILES string of the molecule is CC1(CC(=O)N2CCc3nc(N4C5CCC4CNC5)ccc3C2)CCCC1. The van der Waals surface area contributed by atoms with E-state index in [1.807, 2.05) is 0 Å². The van der Waals surface area contributed by atoms with Gasteiger partial charge in [-0.3, -0.25) is 4.79 Å². The Hall–Kier alpha value is -1.62. The molecule has 0 radical (unpaired) electrons. The molecule has 4 aliphatic rings. The zero-order valence-corrected chi connectivity index (χ0v) is 16.5. The fourth-order valence-electron chi connectivity index (χ4n) is 5.80. The minimum absolute atomic E-state index is 0.237. The average Bonchev–Trinajstić information content (AvgIpc) is 3.21. The van der Waals surface area contributed by atoms with E-state index in [9.17, 15) is 4.79 Å². The van der Waals surface area contributed by atoms with E-state index in [4.69, 9.17) is 4.98 Å². The molecule has 2 bridgehead atoms. The van der Waals surface area contributed by atoms with Crippen molar-refractivity contribution in [3.63, 3.8) is 0 Å². The van der Waals surface area contributed by atoms with Gasteiger partial charge in [-0.2, -0.15) is 0 Å². The summed E-state index contributed by atoms with van der Waals surface area (Å²) < 4.78 is 0. The van der Waals surface area contributed by atoms with E-state index in [0.717, 1.165) is 44.8 Å². The molecule has 5 nitrogen and oxygen atoms in total. The van der Waals surface area contributed by atoms with E-state index in [1.54, 1.807) is 0 Å². The van der Waals surface area contributed by atoms with Gasteiger partial charge in [0, 0.05) is 56.8 Å². The van der Waals surface area contributed by atoms with Crippen molar-refractivity contribution in [1.29, 1.82) is 0 Å². The molecule has 1 N–H and O–H groups in total. The Morgan fingerprint density at radius 3 is 2.70 bits per heavy atom. The van der Waals surface area contributed by atoms with E-state index in [0.29, 0.717) is 18.0 Å². The zero-order valence-electron chi connectivity index (χ0n) is 16.5. The summed E-state index contributed by atoms with van der Waals surface area (Å²) in [6.07, 6.45) is 9.16. The minimum atomic E-state index is 0.237. The van der Waals surface area contributed by atoms with Crippen molar-refractivity contribution in [2.24, 2.45) is 5.41 Å². The van der Waals surface area contributed by atoms with Gasteiger partial charge in [0.2, 0.25) is 5.91 Å². The molecule has 146 valence electrons. The van der Waals surface area contributed by atoms with Crippen LogP contribution in [0.5, 0.6) is 0 Å². The lowest BCUT2D eigenvalue weighted by Gasteiger charge is -2.37. The Morgan fingerprint density at radius 2 is 1.96 bits per heavy atom. The second-order valence-corrected chi connectivity index (χ2v) is 9.49. The first-order valence-corrected chi connectivity index (χ1v) is 10.9. The van der Waals surface area contributed by atoms with Crippen LogP contribution in [0.2, 0.25) is 0 Å². The maximum atomic E-state index is 12.9. The van der Waals surface area contributed by atoms with Crippen LogP contribution in [0.4, 0.5) is 5.82 Å². The third-order valence-corrected chi connectivity index (χ3v) is 7.42. The molecule has 5 heteroatoms. The number of aromatic nitrogens is 1. The number of anilines is 1. The second-order valence-electron chi connectivity index (χ2n) is 9.49. The van der Waals surface area contributed by atoms with Crippen molar-refractivity contribution in [3.05, 3.63) is 23.4 Å². The Morgan fingerprint density at radius 1 is 1.22 bits per heavy atom. The number of carbonyl (C=O) groups excluding carboxylic acids is 1. The minimum Gasteiger partial charge on any atom is -0.348 e. The Balaban J connectivity index is 1.29. The number of carbonyl (C=O) groups is 1. The number of rotatable bonds is 3. The molecule has 1 aliphatic carbocycles. The van der Waals surface area contributed by atoms with Crippen LogP contribution in [0.25, 0.3) is 0 Å². The van der Waals surface area contributed by atoms with Crippen molar-refractivity contribution in [3.8, 4) is 0 Å². The molecule has 1 aromatic rings. The third kappa shape index (κ3) is 3.24. The smallest absolute Gasteiger partial charge is 0.223 e. The van der Waals surface area contributed by atoms with Crippen LogP contribution in [0.1, 0.15) is 63.1 Å². The molecule has 2 unspecified atom stereocenters. The predicted molar refractivity (Wildman–Crippen MR) is 107 cm³/mol. The molecular weight excluding hydrogens is 336 g/mol. The van der Waals surface area contributed by atoms with E-state index >= 15 is 0 Å². The lowest BCUT2D eigenvalue weighted by Crippen LogP contribution is -2.52. The molecule has 1 saturated carbocycles. The molecular formula is C22H32N4O. The normalized spacial score (nSPS) is 29.1. The van der Waals surface area contributed by atoms with Gasteiger partial charge in [-0.1, -0.05) is 25.8 Å². The van der Waals surface area contributed by atoms with Gasteiger partial charge < -0.3 is 15.1 Å². The van der Waals surface area contributed by atoms with Crippen LogP contribution in [-0.4, -0.2) is 47.5 Å². The van der Waals surface area contributed by atoms with Crippen LogP contribution >= 0.6 is 0 Å². The molecule has 4 heterocycles. The van der Waals surface area contributed by atoms with Gasteiger partial charge >= 0.3 is 0 Å². The van der Waals surface area contributed by atoms with Crippen LogP contribution in [-0.2, 0) is 17.8 Å². The fourth-order valence-corrected chi connectivity index (χ4v) is 5.80. The summed E-state index contributed by atoms with van der Waals surface area (Å²) in [6.45, 7) is 6.02. The molecule has 3 aliphatic heterocycles. The number of fused-ring (bicyclic) bond motifs is 3. The van der Waals surface area contributed by atoms with E-state index in [1.165, 1.54) is 49.8 Å². The van der Waals surface area contributed by atoms with E-state index < -0.39 is 0 Å². The highest BCUT2D eigenvalue weighted by molar-refractivity contribution is 5.77.